The number of methoxy groups -OCH3 is 2. The number of ether oxygens (including phenoxy) is 2. The summed E-state index contributed by atoms with van der Waals surface area (Å²) in [4.78, 5) is 0. The van der Waals surface area contributed by atoms with E-state index in [0.717, 1.165) is 5.69 Å². The molecule has 4 nitrogen and oxygen atoms in total. The zero-order valence-electron chi connectivity index (χ0n) is 10.5. The fourth-order valence-corrected chi connectivity index (χ4v) is 1.59. The van der Waals surface area contributed by atoms with E-state index in [-0.39, 0.29) is 6.61 Å². The minimum atomic E-state index is -0.452. The molecule has 1 aromatic carbocycles. The number of hydrogen-bond acceptors (Lipinski definition) is 4. The SMILES string of the molecule is COc1cc(NC(C)(C)CO)c(OC)cc1Cl. The third kappa shape index (κ3) is 3.41. The van der Waals surface area contributed by atoms with Gasteiger partial charge in [-0.3, -0.25) is 0 Å². The summed E-state index contributed by atoms with van der Waals surface area (Å²) < 4.78 is 10.4. The molecule has 0 aliphatic carbocycles. The maximum Gasteiger partial charge on any atom is 0.143 e. The van der Waals surface area contributed by atoms with Crippen LogP contribution in [0.5, 0.6) is 11.5 Å². The predicted molar refractivity (Wildman–Crippen MR) is 69.3 cm³/mol. The highest BCUT2D eigenvalue weighted by atomic mass is 35.5. The first-order valence-corrected chi connectivity index (χ1v) is 5.62. The van der Waals surface area contributed by atoms with Gasteiger partial charge in [-0.15, -0.1) is 0 Å². The molecule has 0 bridgehead atoms. The lowest BCUT2D eigenvalue weighted by atomic mass is 10.1. The van der Waals surface area contributed by atoms with Gasteiger partial charge in [-0.2, -0.15) is 0 Å². The molecule has 0 amide bonds. The van der Waals surface area contributed by atoms with Crippen molar-refractivity contribution in [2.45, 2.75) is 19.4 Å². The Morgan fingerprint density at radius 2 is 1.82 bits per heavy atom. The van der Waals surface area contributed by atoms with E-state index in [9.17, 15) is 5.11 Å². The Labute approximate surface area is 106 Å². The molecule has 1 rings (SSSR count). The average molecular weight is 260 g/mol. The van der Waals surface area contributed by atoms with Crippen molar-refractivity contribution in [3.63, 3.8) is 0 Å². The molecule has 0 heterocycles. The molecule has 17 heavy (non-hydrogen) atoms. The number of aliphatic hydroxyl groups excluding tert-OH is 1. The van der Waals surface area contributed by atoms with Gasteiger partial charge in [0.2, 0.25) is 0 Å². The Hall–Kier alpha value is -1.13. The molecular formula is C12H18ClNO3. The molecule has 0 fully saturated rings. The molecule has 0 aliphatic rings. The van der Waals surface area contributed by atoms with Crippen LogP contribution in [-0.4, -0.2) is 31.5 Å². The maximum atomic E-state index is 9.24. The molecule has 5 heteroatoms. The van der Waals surface area contributed by atoms with Crippen LogP contribution in [0.2, 0.25) is 5.02 Å². The Bertz CT molecular complexity index is 394. The highest BCUT2D eigenvalue weighted by Crippen LogP contribution is 2.36. The molecule has 0 aliphatic heterocycles. The first kappa shape index (κ1) is 13.9. The van der Waals surface area contributed by atoms with Crippen molar-refractivity contribution < 1.29 is 14.6 Å². The smallest absolute Gasteiger partial charge is 0.143 e. The Kier molecular flexibility index (Phi) is 4.48. The first-order chi connectivity index (χ1) is 7.93. The van der Waals surface area contributed by atoms with Gasteiger partial charge < -0.3 is 19.9 Å². The van der Waals surface area contributed by atoms with E-state index in [1.807, 2.05) is 13.8 Å². The van der Waals surface area contributed by atoms with Gasteiger partial charge in [0.15, 0.2) is 0 Å². The number of aliphatic hydroxyl groups is 1. The molecule has 2 N–H and O–H groups in total. The van der Waals surface area contributed by atoms with Gasteiger partial charge in [0.25, 0.3) is 0 Å². The van der Waals surface area contributed by atoms with Crippen LogP contribution in [0.4, 0.5) is 5.69 Å². The highest BCUT2D eigenvalue weighted by Gasteiger charge is 2.19. The van der Waals surface area contributed by atoms with Crippen molar-refractivity contribution in [3.05, 3.63) is 17.2 Å². The lowest BCUT2D eigenvalue weighted by Gasteiger charge is -2.26. The van der Waals surface area contributed by atoms with Gasteiger partial charge in [0.05, 0.1) is 37.1 Å². The van der Waals surface area contributed by atoms with E-state index < -0.39 is 5.54 Å². The second kappa shape index (κ2) is 5.47. The van der Waals surface area contributed by atoms with Crippen LogP contribution in [0, 0.1) is 0 Å². The van der Waals surface area contributed by atoms with Gasteiger partial charge in [0.1, 0.15) is 11.5 Å². The lowest BCUT2D eigenvalue weighted by Crippen LogP contribution is -2.35. The summed E-state index contributed by atoms with van der Waals surface area (Å²) in [6.07, 6.45) is 0. The molecule has 0 spiro atoms. The second-order valence-electron chi connectivity index (χ2n) is 4.35. The van der Waals surface area contributed by atoms with Crippen molar-refractivity contribution >= 4 is 17.3 Å². The minimum absolute atomic E-state index is 0.00109. The van der Waals surface area contributed by atoms with Crippen molar-refractivity contribution in [1.29, 1.82) is 0 Å². The largest absolute Gasteiger partial charge is 0.495 e. The molecule has 0 unspecified atom stereocenters. The predicted octanol–water partition coefficient (Wildman–Crippen LogP) is 2.54. The van der Waals surface area contributed by atoms with Crippen LogP contribution in [0.3, 0.4) is 0 Å². The van der Waals surface area contributed by atoms with Crippen molar-refractivity contribution in [2.75, 3.05) is 26.1 Å². The van der Waals surface area contributed by atoms with E-state index in [2.05, 4.69) is 5.32 Å². The van der Waals surface area contributed by atoms with E-state index in [4.69, 9.17) is 21.1 Å². The molecule has 0 saturated heterocycles. The zero-order chi connectivity index (χ0) is 13.1. The third-order valence-corrected chi connectivity index (χ3v) is 2.64. The van der Waals surface area contributed by atoms with E-state index >= 15 is 0 Å². The van der Waals surface area contributed by atoms with Gasteiger partial charge in [-0.25, -0.2) is 0 Å². The molecule has 1 aromatic rings. The zero-order valence-corrected chi connectivity index (χ0v) is 11.3. The fourth-order valence-electron chi connectivity index (χ4n) is 1.36. The van der Waals surface area contributed by atoms with Crippen LogP contribution in [0.15, 0.2) is 12.1 Å². The lowest BCUT2D eigenvalue weighted by molar-refractivity contribution is 0.233. The summed E-state index contributed by atoms with van der Waals surface area (Å²) >= 11 is 6.00. The van der Waals surface area contributed by atoms with Crippen molar-refractivity contribution in [2.24, 2.45) is 0 Å². The second-order valence-corrected chi connectivity index (χ2v) is 4.76. The van der Waals surface area contributed by atoms with Gasteiger partial charge >= 0.3 is 0 Å². The summed E-state index contributed by atoms with van der Waals surface area (Å²) in [5, 5.41) is 12.9. The standard InChI is InChI=1S/C12H18ClNO3/c1-12(2,7-15)14-9-6-10(16-3)8(13)5-11(9)17-4/h5-6,14-15H,7H2,1-4H3. The molecule has 96 valence electrons. The Morgan fingerprint density at radius 1 is 1.24 bits per heavy atom. The first-order valence-electron chi connectivity index (χ1n) is 5.24. The van der Waals surface area contributed by atoms with Gasteiger partial charge in [-0.1, -0.05) is 11.6 Å². The number of nitrogens with one attached hydrogen (secondary N) is 1. The Morgan fingerprint density at radius 3 is 2.29 bits per heavy atom. The Balaban J connectivity index is 3.12. The third-order valence-electron chi connectivity index (χ3n) is 2.34. The number of anilines is 1. The topological polar surface area (TPSA) is 50.7 Å². The summed E-state index contributed by atoms with van der Waals surface area (Å²) in [6.45, 7) is 3.77. The summed E-state index contributed by atoms with van der Waals surface area (Å²) in [5.41, 5.74) is 0.277. The number of hydrogen-bond donors (Lipinski definition) is 2. The minimum Gasteiger partial charge on any atom is -0.495 e. The number of rotatable bonds is 5. The molecule has 0 aromatic heterocycles. The van der Waals surface area contributed by atoms with E-state index in [0.29, 0.717) is 16.5 Å². The molecule has 0 saturated carbocycles. The fraction of sp³-hybridized carbons (Fsp3) is 0.500. The van der Waals surface area contributed by atoms with Crippen LogP contribution in [0.25, 0.3) is 0 Å². The highest BCUT2D eigenvalue weighted by molar-refractivity contribution is 6.32. The average Bonchev–Trinajstić information content (AvgIpc) is 2.30. The van der Waals surface area contributed by atoms with Crippen LogP contribution < -0.4 is 14.8 Å². The van der Waals surface area contributed by atoms with E-state index in [1.165, 1.54) is 0 Å². The number of benzene rings is 1. The summed E-state index contributed by atoms with van der Waals surface area (Å²) in [7, 11) is 3.11. The summed E-state index contributed by atoms with van der Waals surface area (Å²) in [5.74, 6) is 1.17. The maximum absolute atomic E-state index is 9.24. The van der Waals surface area contributed by atoms with Crippen LogP contribution in [-0.2, 0) is 0 Å². The molecule has 0 atom stereocenters. The van der Waals surface area contributed by atoms with Crippen molar-refractivity contribution in [3.8, 4) is 11.5 Å². The van der Waals surface area contributed by atoms with Crippen LogP contribution >= 0.6 is 11.6 Å². The number of halogens is 1. The van der Waals surface area contributed by atoms with E-state index in [1.54, 1.807) is 26.4 Å². The van der Waals surface area contributed by atoms with Crippen LogP contribution in [0.1, 0.15) is 13.8 Å². The van der Waals surface area contributed by atoms with Crippen molar-refractivity contribution in [1.82, 2.24) is 0 Å². The monoisotopic (exact) mass is 259 g/mol. The van der Waals surface area contributed by atoms with Gasteiger partial charge in [-0.05, 0) is 13.8 Å². The summed E-state index contributed by atoms with van der Waals surface area (Å²) in [6, 6.07) is 3.43. The van der Waals surface area contributed by atoms with Gasteiger partial charge in [0, 0.05) is 12.1 Å². The molecular weight excluding hydrogens is 242 g/mol. The normalized spacial score (nSPS) is 11.2. The molecule has 0 radical (unpaired) electrons. The quantitative estimate of drug-likeness (QED) is 0.853.